The van der Waals surface area contributed by atoms with Gasteiger partial charge in [0.1, 0.15) is 6.20 Å². The van der Waals surface area contributed by atoms with E-state index in [4.69, 9.17) is 17.2 Å². The molecule has 9 nitrogen and oxygen atoms in total. The van der Waals surface area contributed by atoms with Crippen molar-refractivity contribution >= 4 is 11.6 Å². The quantitative estimate of drug-likeness (QED) is 0.485. The fraction of sp³-hybridized carbons (Fsp3) is 0.550. The van der Waals surface area contributed by atoms with E-state index in [1.807, 2.05) is 43.3 Å². The van der Waals surface area contributed by atoms with Crippen LogP contribution in [-0.4, -0.2) is 41.6 Å². The maximum atomic E-state index is 11.8. The van der Waals surface area contributed by atoms with Crippen LogP contribution in [-0.2, 0) is 6.54 Å². The highest BCUT2D eigenvalue weighted by Gasteiger charge is 2.49. The molecule has 1 aromatic rings. The van der Waals surface area contributed by atoms with Crippen LogP contribution in [0.4, 0.5) is 5.69 Å². The van der Waals surface area contributed by atoms with Gasteiger partial charge in [0.25, 0.3) is 0 Å². The average Bonchev–Trinajstić information content (AvgIpc) is 2.67. The Morgan fingerprint density at radius 3 is 2.62 bits per heavy atom. The molecule has 1 aliphatic carbocycles. The molecule has 0 spiro atoms. The summed E-state index contributed by atoms with van der Waals surface area (Å²) in [5, 5.41) is 11.8. The number of guanidine groups is 1. The van der Waals surface area contributed by atoms with Crippen molar-refractivity contribution in [2.45, 2.75) is 50.4 Å². The zero-order chi connectivity index (χ0) is 21.2. The first-order valence-corrected chi connectivity index (χ1v) is 9.97. The van der Waals surface area contributed by atoms with Crippen LogP contribution in [0.2, 0.25) is 0 Å². The lowest BCUT2D eigenvalue weighted by Crippen LogP contribution is -2.64. The van der Waals surface area contributed by atoms with Crippen molar-refractivity contribution in [3.05, 3.63) is 51.8 Å². The molecule has 0 amide bonds. The fourth-order valence-corrected chi connectivity index (χ4v) is 4.24. The summed E-state index contributed by atoms with van der Waals surface area (Å²) in [5.74, 6) is 0.450. The van der Waals surface area contributed by atoms with Crippen molar-refractivity contribution in [3.63, 3.8) is 0 Å². The van der Waals surface area contributed by atoms with Crippen LogP contribution >= 0.6 is 0 Å². The van der Waals surface area contributed by atoms with Gasteiger partial charge in [-0.05, 0) is 55.7 Å². The van der Waals surface area contributed by atoms with Crippen molar-refractivity contribution in [1.82, 2.24) is 4.90 Å². The van der Waals surface area contributed by atoms with Gasteiger partial charge in [0.05, 0.1) is 4.92 Å². The van der Waals surface area contributed by atoms with Crippen LogP contribution < -0.4 is 22.1 Å². The Hall–Kier alpha value is -2.65. The maximum Gasteiger partial charge on any atom is 0.304 e. The van der Waals surface area contributed by atoms with Crippen LogP contribution in [0.1, 0.15) is 37.7 Å². The zero-order valence-electron chi connectivity index (χ0n) is 17.1. The lowest BCUT2D eigenvalue weighted by molar-refractivity contribution is -0.440. The molecule has 0 radical (unpaired) electrons. The minimum Gasteiger partial charge on any atom is -0.378 e. The third kappa shape index (κ3) is 4.51. The molecule has 3 rings (SSSR count). The summed E-state index contributed by atoms with van der Waals surface area (Å²) < 4.78 is 0. The largest absolute Gasteiger partial charge is 0.378 e. The molecule has 0 aromatic heterocycles. The Kier molecular flexibility index (Phi) is 6.09. The number of hydrogen-bond acceptors (Lipinski definition) is 8. The lowest BCUT2D eigenvalue weighted by atomic mass is 9.79. The van der Waals surface area contributed by atoms with Gasteiger partial charge in [-0.15, -0.1) is 0 Å². The lowest BCUT2D eigenvalue weighted by Gasteiger charge is -2.43. The Bertz CT molecular complexity index is 815. The van der Waals surface area contributed by atoms with E-state index in [1.165, 1.54) is 6.20 Å². The van der Waals surface area contributed by atoms with Crippen molar-refractivity contribution in [2.75, 3.05) is 19.0 Å². The number of rotatable bonds is 6. The van der Waals surface area contributed by atoms with Gasteiger partial charge in [0.2, 0.25) is 0 Å². The second-order valence-electron chi connectivity index (χ2n) is 8.32. The fourth-order valence-electron chi connectivity index (χ4n) is 4.24. The molecule has 29 heavy (non-hydrogen) atoms. The minimum atomic E-state index is -1.32. The SMILES string of the molecule is CN(C)c1cccc(CN2C(N)=NC=C([N+](=O)[O-])C2(N)CC2CCC(N)CC2)c1. The Labute approximate surface area is 171 Å². The number of aliphatic imine (C=N–C) groups is 1. The molecule has 9 heteroatoms. The van der Waals surface area contributed by atoms with Gasteiger partial charge in [-0.1, -0.05) is 12.1 Å². The van der Waals surface area contributed by atoms with Crippen LogP contribution in [0.3, 0.4) is 0 Å². The van der Waals surface area contributed by atoms with E-state index in [0.717, 1.165) is 36.9 Å². The molecule has 0 bridgehead atoms. The first kappa shape index (κ1) is 21.1. The van der Waals surface area contributed by atoms with Gasteiger partial charge < -0.3 is 21.3 Å². The normalized spacial score (nSPS) is 27.2. The number of nitrogens with zero attached hydrogens (tertiary/aromatic N) is 4. The van der Waals surface area contributed by atoms with E-state index in [0.29, 0.717) is 13.0 Å². The number of anilines is 1. The third-order valence-electron chi connectivity index (χ3n) is 5.98. The van der Waals surface area contributed by atoms with Gasteiger partial charge in [-0.3, -0.25) is 15.8 Å². The Morgan fingerprint density at radius 1 is 1.31 bits per heavy atom. The van der Waals surface area contributed by atoms with E-state index in [2.05, 4.69) is 4.99 Å². The van der Waals surface area contributed by atoms with E-state index in [-0.39, 0.29) is 23.6 Å². The second kappa shape index (κ2) is 8.38. The first-order valence-electron chi connectivity index (χ1n) is 9.97. The third-order valence-corrected chi connectivity index (χ3v) is 5.98. The summed E-state index contributed by atoms with van der Waals surface area (Å²) in [6.07, 6.45) is 5.28. The van der Waals surface area contributed by atoms with Gasteiger partial charge in [-0.25, -0.2) is 4.99 Å². The molecule has 6 N–H and O–H groups in total. The summed E-state index contributed by atoms with van der Waals surface area (Å²) in [7, 11) is 3.93. The van der Waals surface area contributed by atoms with Gasteiger partial charge in [0.15, 0.2) is 11.6 Å². The van der Waals surface area contributed by atoms with Crippen molar-refractivity contribution in [1.29, 1.82) is 0 Å². The number of nitro groups is 1. The van der Waals surface area contributed by atoms with E-state index >= 15 is 0 Å². The van der Waals surface area contributed by atoms with E-state index in [9.17, 15) is 10.1 Å². The molecule has 1 aliphatic heterocycles. The zero-order valence-corrected chi connectivity index (χ0v) is 17.1. The van der Waals surface area contributed by atoms with Gasteiger partial charge >= 0.3 is 5.70 Å². The Balaban J connectivity index is 1.91. The number of benzene rings is 1. The Morgan fingerprint density at radius 2 is 2.00 bits per heavy atom. The number of hydrogen-bond donors (Lipinski definition) is 3. The monoisotopic (exact) mass is 401 g/mol. The smallest absolute Gasteiger partial charge is 0.304 e. The molecule has 1 heterocycles. The van der Waals surface area contributed by atoms with Gasteiger partial charge in [-0.2, -0.15) is 0 Å². The summed E-state index contributed by atoms with van der Waals surface area (Å²) in [6, 6.07) is 8.14. The van der Waals surface area contributed by atoms with E-state index in [1.54, 1.807) is 4.90 Å². The second-order valence-corrected chi connectivity index (χ2v) is 8.32. The highest BCUT2D eigenvalue weighted by Crippen LogP contribution is 2.37. The van der Waals surface area contributed by atoms with Gasteiger partial charge in [0, 0.05) is 32.4 Å². The predicted molar refractivity (Wildman–Crippen MR) is 114 cm³/mol. The molecular weight excluding hydrogens is 370 g/mol. The summed E-state index contributed by atoms with van der Waals surface area (Å²) in [4.78, 5) is 19.1. The van der Waals surface area contributed by atoms with Crippen molar-refractivity contribution < 1.29 is 4.92 Å². The standard InChI is InChI=1S/C20H31N7O2/c1-25(2)17-5-3-4-15(10-17)13-26-19(22)24-12-18(27(28)29)20(26,23)11-14-6-8-16(21)9-7-14/h3-5,10,12,14,16H,6-9,11,13,21,23H2,1-2H3,(H2,22,24). The summed E-state index contributed by atoms with van der Waals surface area (Å²) in [6.45, 7) is 0.338. The molecule has 158 valence electrons. The molecule has 1 saturated carbocycles. The highest BCUT2D eigenvalue weighted by atomic mass is 16.6. The van der Waals surface area contributed by atoms with Crippen molar-refractivity contribution in [3.8, 4) is 0 Å². The van der Waals surface area contributed by atoms with Crippen LogP contribution in [0, 0.1) is 16.0 Å². The molecule has 1 atom stereocenters. The topological polar surface area (TPSA) is 140 Å². The molecule has 1 aromatic carbocycles. The number of nitrogens with two attached hydrogens (primary N) is 3. The molecule has 2 aliphatic rings. The van der Waals surface area contributed by atoms with Crippen molar-refractivity contribution in [2.24, 2.45) is 28.1 Å². The molecule has 0 saturated heterocycles. The first-order chi connectivity index (χ1) is 13.7. The maximum absolute atomic E-state index is 11.8. The molecule has 1 unspecified atom stereocenters. The van der Waals surface area contributed by atoms with Crippen LogP contribution in [0.5, 0.6) is 0 Å². The minimum absolute atomic E-state index is 0.120. The predicted octanol–water partition coefficient (Wildman–Crippen LogP) is 1.56. The van der Waals surface area contributed by atoms with E-state index < -0.39 is 10.6 Å². The summed E-state index contributed by atoms with van der Waals surface area (Å²) >= 11 is 0. The van der Waals surface area contributed by atoms with Crippen LogP contribution in [0.25, 0.3) is 0 Å². The highest BCUT2D eigenvalue weighted by molar-refractivity contribution is 5.81. The molecule has 1 fully saturated rings. The van der Waals surface area contributed by atoms with Crippen LogP contribution in [0.15, 0.2) is 41.2 Å². The molecular formula is C20H31N7O2. The average molecular weight is 402 g/mol. The summed E-state index contributed by atoms with van der Waals surface area (Å²) in [5.41, 5.74) is 19.5.